The molecule has 0 aromatic heterocycles. The second-order valence-corrected chi connectivity index (χ2v) is 1.41. The van der Waals surface area contributed by atoms with Gasteiger partial charge in [-0.1, -0.05) is 0 Å². The number of hydrogen-bond donors (Lipinski definition) is 0. The molecule has 0 radical (unpaired) electrons. The van der Waals surface area contributed by atoms with Crippen LogP contribution < -0.4 is 0 Å². The van der Waals surface area contributed by atoms with Gasteiger partial charge in [-0.05, 0) is 0 Å². The minimum Gasteiger partial charge on any atom is -0.512 e. The van der Waals surface area contributed by atoms with Crippen LogP contribution in [0.1, 0.15) is 6.92 Å². The molecule has 0 aromatic rings. The molecule has 0 aliphatic carbocycles. The van der Waals surface area contributed by atoms with Gasteiger partial charge in [-0.15, -0.1) is 0 Å². The van der Waals surface area contributed by atoms with E-state index in [-0.39, 0.29) is 0 Å². The zero-order valence-electron chi connectivity index (χ0n) is 3.46. The van der Waals surface area contributed by atoms with E-state index < -0.39 is 0 Å². The fourth-order valence-electron chi connectivity index (χ4n) is 0. The van der Waals surface area contributed by atoms with Gasteiger partial charge in [0.05, 0.1) is 0 Å². The minimum absolute atomic E-state index is 0.729. The molecule has 0 heterocycles. The molecule has 0 spiro atoms. The molecule has 0 atom stereocenters. The van der Waals surface area contributed by atoms with Gasteiger partial charge in [0, 0.05) is 0 Å². The summed E-state index contributed by atoms with van der Waals surface area (Å²) < 4.78 is 0.729. The summed E-state index contributed by atoms with van der Waals surface area (Å²) in [5.74, 6) is 0. The molecule has 0 aromatic carbocycles. The normalized spacial score (nSPS) is 4.83. The van der Waals surface area contributed by atoms with Gasteiger partial charge in [0.15, 0.2) is 0 Å². The van der Waals surface area contributed by atoms with Crippen LogP contribution in [0.15, 0.2) is 11.1 Å². The zero-order valence-corrected chi connectivity index (χ0v) is 4.40. The fourth-order valence-corrected chi connectivity index (χ4v) is 0. The SMILES string of the molecule is C=[C](C)[Cu+].[C-]#N. The molecule has 0 rings (SSSR count). The van der Waals surface area contributed by atoms with Crippen LogP contribution in [0.3, 0.4) is 0 Å². The third-order valence-corrected chi connectivity index (χ3v) is 0. The molecular formula is C4H5CuN. The van der Waals surface area contributed by atoms with Crippen LogP contribution in [0.5, 0.6) is 0 Å². The van der Waals surface area contributed by atoms with E-state index in [9.17, 15) is 0 Å². The van der Waals surface area contributed by atoms with E-state index in [1.807, 2.05) is 0 Å². The molecule has 0 saturated heterocycles. The summed E-state index contributed by atoms with van der Waals surface area (Å²) in [5, 5.41) is 6.25. The summed E-state index contributed by atoms with van der Waals surface area (Å²) in [5.41, 5.74) is 0. The molecule has 0 fully saturated rings. The first-order valence-corrected chi connectivity index (χ1v) is 1.70. The standard InChI is InChI=1S/C3H5.CN.Cu/c1-3-2;1-2;/h1H2,2H3;;/q;-1;+1. The summed E-state index contributed by atoms with van der Waals surface area (Å²) in [6.45, 7) is 9.89. The molecule has 0 N–H and O–H groups in total. The van der Waals surface area contributed by atoms with Crippen LogP contribution in [0.4, 0.5) is 0 Å². The van der Waals surface area contributed by atoms with Crippen molar-refractivity contribution >= 4 is 0 Å². The molecule has 2 heteroatoms. The van der Waals surface area contributed by atoms with E-state index in [2.05, 4.69) is 22.6 Å². The van der Waals surface area contributed by atoms with E-state index in [0.717, 1.165) is 4.47 Å². The fraction of sp³-hybridized carbons (Fsp3) is 0.250. The first-order valence-electron chi connectivity index (χ1n) is 1.23. The Kier molecular flexibility index (Phi) is 13.6. The van der Waals surface area contributed by atoms with E-state index in [1.54, 1.807) is 6.92 Å². The van der Waals surface area contributed by atoms with Crippen molar-refractivity contribution in [3.8, 4) is 0 Å². The average molecular weight is 131 g/mol. The Morgan fingerprint density at radius 3 is 1.83 bits per heavy atom. The predicted octanol–water partition coefficient (Wildman–Crippen LogP) is 1.16. The van der Waals surface area contributed by atoms with E-state index in [4.69, 9.17) is 11.8 Å². The minimum atomic E-state index is 0.729. The molecule has 1 nitrogen and oxygen atoms in total. The van der Waals surface area contributed by atoms with Crippen LogP contribution >= 0.6 is 0 Å². The second kappa shape index (κ2) is 8.83. The van der Waals surface area contributed by atoms with Crippen LogP contribution in [-0.4, -0.2) is 0 Å². The molecule has 0 bridgehead atoms. The Morgan fingerprint density at radius 2 is 1.83 bits per heavy atom. The maximum Gasteiger partial charge on any atom is -0.488 e. The Balaban J connectivity index is 0. The van der Waals surface area contributed by atoms with Gasteiger partial charge in [0.2, 0.25) is 0 Å². The van der Waals surface area contributed by atoms with Gasteiger partial charge in [-0.3, -0.25) is 0 Å². The van der Waals surface area contributed by atoms with E-state index in [1.165, 1.54) is 0 Å². The van der Waals surface area contributed by atoms with Crippen molar-refractivity contribution in [2.45, 2.75) is 6.92 Å². The quantitative estimate of drug-likeness (QED) is 0.357. The average Bonchev–Trinajstić information content (AvgIpc) is 1.41. The van der Waals surface area contributed by atoms with Crippen molar-refractivity contribution < 1.29 is 16.0 Å². The molecule has 0 aliphatic rings. The van der Waals surface area contributed by atoms with Crippen molar-refractivity contribution in [3.05, 3.63) is 17.6 Å². The van der Waals surface area contributed by atoms with Crippen molar-refractivity contribution in [1.82, 2.24) is 0 Å². The van der Waals surface area contributed by atoms with Crippen LogP contribution in [-0.2, 0) is 16.0 Å². The number of nitrogens with zero attached hydrogens (tertiary/aromatic N) is 1. The number of allylic oxidation sites excluding steroid dienone is 1. The Morgan fingerprint density at radius 1 is 1.83 bits per heavy atom. The Bertz CT molecular complexity index is 51.8. The maximum atomic E-state index is 6.25. The summed E-state index contributed by atoms with van der Waals surface area (Å²) in [4.78, 5) is 0. The first-order chi connectivity index (χ1) is 2.73. The first kappa shape index (κ1) is 9.23. The number of hydrogen-bond acceptors (Lipinski definition) is 1. The Labute approximate surface area is 46.5 Å². The summed E-state index contributed by atoms with van der Waals surface area (Å²) in [7, 11) is 0. The third kappa shape index (κ3) is 452. The molecule has 37 valence electrons. The van der Waals surface area contributed by atoms with Gasteiger partial charge in [0.25, 0.3) is 0 Å². The van der Waals surface area contributed by atoms with Crippen molar-refractivity contribution in [3.63, 3.8) is 0 Å². The molecule has 6 heavy (non-hydrogen) atoms. The van der Waals surface area contributed by atoms with Gasteiger partial charge in [0.1, 0.15) is 0 Å². The van der Waals surface area contributed by atoms with Crippen molar-refractivity contribution in [2.24, 2.45) is 0 Å². The smallest absolute Gasteiger partial charge is 0.488 e. The second-order valence-electron chi connectivity index (χ2n) is 0.611. The third-order valence-electron chi connectivity index (χ3n) is 0. The monoisotopic (exact) mass is 130 g/mol. The number of rotatable bonds is 0. The summed E-state index contributed by atoms with van der Waals surface area (Å²) in [6, 6.07) is 0. The largest absolute Gasteiger partial charge is 0.512 e. The molecule has 0 amide bonds. The topological polar surface area (TPSA) is 23.8 Å². The van der Waals surface area contributed by atoms with Gasteiger partial charge < -0.3 is 11.8 Å². The summed E-state index contributed by atoms with van der Waals surface area (Å²) in [6.07, 6.45) is 0. The van der Waals surface area contributed by atoms with Gasteiger partial charge >= 0.3 is 34.0 Å². The van der Waals surface area contributed by atoms with Crippen LogP contribution in [0.2, 0.25) is 0 Å². The van der Waals surface area contributed by atoms with Crippen molar-refractivity contribution in [1.29, 1.82) is 5.26 Å². The molecule has 0 aliphatic heterocycles. The summed E-state index contributed by atoms with van der Waals surface area (Å²) >= 11 is 4.55. The Hall–Kier alpha value is -0.251. The zero-order chi connectivity index (χ0) is 5.58. The van der Waals surface area contributed by atoms with Crippen molar-refractivity contribution in [2.75, 3.05) is 0 Å². The van der Waals surface area contributed by atoms with Gasteiger partial charge in [-0.25, -0.2) is 0 Å². The van der Waals surface area contributed by atoms with Crippen LogP contribution in [0, 0.1) is 11.8 Å². The van der Waals surface area contributed by atoms with Gasteiger partial charge in [-0.2, -0.15) is 0 Å². The maximum absolute atomic E-state index is 6.25. The van der Waals surface area contributed by atoms with Crippen LogP contribution in [0.25, 0.3) is 0 Å². The van der Waals surface area contributed by atoms with E-state index in [0.29, 0.717) is 0 Å². The van der Waals surface area contributed by atoms with E-state index >= 15 is 0 Å². The molecule has 0 saturated carbocycles. The molecular weight excluding hydrogens is 126 g/mol. The molecule has 0 unspecified atom stereocenters. The predicted molar refractivity (Wildman–Crippen MR) is 19.8 cm³/mol.